The van der Waals surface area contributed by atoms with Gasteiger partial charge >= 0.3 is 6.36 Å². The van der Waals surface area contributed by atoms with Gasteiger partial charge in [-0.1, -0.05) is 35.9 Å². The lowest BCUT2D eigenvalue weighted by atomic mass is 9.99. The molecule has 7 heteroatoms. The Morgan fingerprint density at radius 1 is 0.840 bits per heavy atom. The van der Waals surface area contributed by atoms with E-state index in [1.165, 1.54) is 12.1 Å². The van der Waals surface area contributed by atoms with E-state index in [9.17, 15) is 26.3 Å². The highest BCUT2D eigenvalue weighted by molar-refractivity contribution is 5.88. The van der Waals surface area contributed by atoms with Crippen LogP contribution in [0.1, 0.15) is 5.56 Å². The fraction of sp³-hybridized carbons (Fsp3) is 0.111. The first kappa shape index (κ1) is 17.1. The molecular formula is C18H10F6O. The zero-order chi connectivity index (χ0) is 18.4. The van der Waals surface area contributed by atoms with Crippen molar-refractivity contribution in [2.45, 2.75) is 13.3 Å². The van der Waals surface area contributed by atoms with Crippen LogP contribution in [0.2, 0.25) is 0 Å². The quantitative estimate of drug-likeness (QED) is 0.502. The summed E-state index contributed by atoms with van der Waals surface area (Å²) in [7, 11) is 0. The van der Waals surface area contributed by atoms with Crippen molar-refractivity contribution >= 4 is 10.8 Å². The maximum Gasteiger partial charge on any atom is 0.573 e. The van der Waals surface area contributed by atoms with Gasteiger partial charge in [0.25, 0.3) is 0 Å². The lowest BCUT2D eigenvalue weighted by Gasteiger charge is -2.13. The number of hydrogen-bond acceptors (Lipinski definition) is 1. The Labute approximate surface area is 138 Å². The van der Waals surface area contributed by atoms with Gasteiger partial charge in [-0.2, -0.15) is 0 Å². The molecule has 3 aromatic rings. The van der Waals surface area contributed by atoms with Gasteiger partial charge in [-0.25, -0.2) is 13.2 Å². The van der Waals surface area contributed by atoms with Crippen LogP contribution in [0.4, 0.5) is 26.3 Å². The van der Waals surface area contributed by atoms with Crippen LogP contribution in [0, 0.1) is 24.4 Å². The van der Waals surface area contributed by atoms with Crippen molar-refractivity contribution in [1.29, 1.82) is 0 Å². The summed E-state index contributed by atoms with van der Waals surface area (Å²) in [5.41, 5.74) is 0.544. The number of fused-ring (bicyclic) bond motifs is 1. The average Bonchev–Trinajstić information content (AvgIpc) is 2.50. The van der Waals surface area contributed by atoms with Crippen LogP contribution in [0.15, 0.2) is 42.5 Å². The minimum Gasteiger partial charge on any atom is -0.399 e. The highest BCUT2D eigenvalue weighted by Crippen LogP contribution is 2.35. The summed E-state index contributed by atoms with van der Waals surface area (Å²) < 4.78 is 82.2. The molecule has 0 unspecified atom stereocenters. The maximum absolute atomic E-state index is 14.7. The molecule has 0 amide bonds. The number of rotatable bonds is 2. The molecule has 0 atom stereocenters. The van der Waals surface area contributed by atoms with Crippen molar-refractivity contribution < 1.29 is 31.1 Å². The second-order valence-corrected chi connectivity index (χ2v) is 5.47. The smallest absolute Gasteiger partial charge is 0.399 e. The average molecular weight is 356 g/mol. The molecule has 0 bridgehead atoms. The molecule has 0 spiro atoms. The largest absolute Gasteiger partial charge is 0.573 e. The van der Waals surface area contributed by atoms with Gasteiger partial charge in [0.2, 0.25) is 5.75 Å². The molecule has 0 aliphatic heterocycles. The summed E-state index contributed by atoms with van der Waals surface area (Å²) in [5, 5.41) is 0.832. The molecule has 0 saturated heterocycles. The number of hydrogen-bond donors (Lipinski definition) is 0. The molecule has 25 heavy (non-hydrogen) atoms. The molecule has 0 aromatic heterocycles. The molecular weight excluding hydrogens is 346 g/mol. The predicted molar refractivity (Wildman–Crippen MR) is 80.7 cm³/mol. The Morgan fingerprint density at radius 2 is 1.48 bits per heavy atom. The number of ether oxygens (including phenoxy) is 1. The van der Waals surface area contributed by atoms with Crippen molar-refractivity contribution in [2.24, 2.45) is 0 Å². The predicted octanol–water partition coefficient (Wildman–Crippen LogP) is 6.13. The number of aryl methyl sites for hydroxylation is 1. The van der Waals surface area contributed by atoms with Crippen LogP contribution in [0.5, 0.6) is 5.75 Å². The van der Waals surface area contributed by atoms with Crippen LogP contribution in [-0.4, -0.2) is 6.36 Å². The van der Waals surface area contributed by atoms with Gasteiger partial charge in [0.1, 0.15) is 5.82 Å². The minimum absolute atomic E-state index is 0.132. The van der Waals surface area contributed by atoms with E-state index in [4.69, 9.17) is 0 Å². The standard InChI is InChI=1S/C18H10F6O/c1-9-2-4-12-10(6-9)3-5-13(16(12)21)11-7-14(19)17(15(20)8-11)25-18(22,23)24/h2-8H,1H3. The van der Waals surface area contributed by atoms with Crippen molar-refractivity contribution in [3.05, 3.63) is 65.5 Å². The molecule has 3 aromatic carbocycles. The number of alkyl halides is 3. The van der Waals surface area contributed by atoms with Crippen molar-refractivity contribution in [3.8, 4) is 16.9 Å². The van der Waals surface area contributed by atoms with E-state index >= 15 is 0 Å². The summed E-state index contributed by atoms with van der Waals surface area (Å²) in [4.78, 5) is 0. The highest BCUT2D eigenvalue weighted by atomic mass is 19.4. The number of benzene rings is 3. The zero-order valence-electron chi connectivity index (χ0n) is 12.7. The molecule has 0 aliphatic carbocycles. The Balaban J connectivity index is 2.12. The molecule has 3 rings (SSSR count). The van der Waals surface area contributed by atoms with Crippen molar-refractivity contribution in [1.82, 2.24) is 0 Å². The van der Waals surface area contributed by atoms with Crippen LogP contribution in [-0.2, 0) is 0 Å². The first-order valence-corrected chi connectivity index (χ1v) is 7.10. The topological polar surface area (TPSA) is 9.23 Å². The van der Waals surface area contributed by atoms with Crippen LogP contribution in [0.3, 0.4) is 0 Å². The van der Waals surface area contributed by atoms with Crippen LogP contribution in [0.25, 0.3) is 21.9 Å². The third-order valence-electron chi connectivity index (χ3n) is 3.64. The lowest BCUT2D eigenvalue weighted by molar-refractivity contribution is -0.276. The van der Waals surface area contributed by atoms with E-state index in [-0.39, 0.29) is 16.5 Å². The van der Waals surface area contributed by atoms with E-state index in [1.54, 1.807) is 18.2 Å². The Hall–Kier alpha value is -2.70. The van der Waals surface area contributed by atoms with Gasteiger partial charge in [0, 0.05) is 10.9 Å². The lowest BCUT2D eigenvalue weighted by Crippen LogP contribution is -2.19. The molecule has 0 radical (unpaired) electrons. The Morgan fingerprint density at radius 3 is 2.08 bits per heavy atom. The van der Waals surface area contributed by atoms with Crippen LogP contribution >= 0.6 is 0 Å². The van der Waals surface area contributed by atoms with Gasteiger partial charge in [0.05, 0.1) is 0 Å². The van der Waals surface area contributed by atoms with E-state index < -0.39 is 29.6 Å². The maximum atomic E-state index is 14.7. The van der Waals surface area contributed by atoms with Gasteiger partial charge in [0.15, 0.2) is 11.6 Å². The van der Waals surface area contributed by atoms with Gasteiger partial charge in [-0.3, -0.25) is 0 Å². The fourth-order valence-electron chi connectivity index (χ4n) is 2.56. The van der Waals surface area contributed by atoms with Gasteiger partial charge < -0.3 is 4.74 Å². The molecule has 0 aliphatic rings. The van der Waals surface area contributed by atoms with Gasteiger partial charge in [-0.15, -0.1) is 13.2 Å². The minimum atomic E-state index is -5.24. The van der Waals surface area contributed by atoms with Crippen molar-refractivity contribution in [3.63, 3.8) is 0 Å². The number of halogens is 6. The molecule has 130 valence electrons. The highest BCUT2D eigenvalue weighted by Gasteiger charge is 2.34. The van der Waals surface area contributed by atoms with Crippen LogP contribution < -0.4 is 4.74 Å². The first-order chi connectivity index (χ1) is 11.7. The second-order valence-electron chi connectivity index (χ2n) is 5.47. The fourth-order valence-corrected chi connectivity index (χ4v) is 2.56. The second kappa shape index (κ2) is 5.98. The SMILES string of the molecule is Cc1ccc2c(F)c(-c3cc(F)c(OC(F)(F)F)c(F)c3)ccc2c1. The summed E-state index contributed by atoms with van der Waals surface area (Å²) in [5.74, 6) is -5.44. The van der Waals surface area contributed by atoms with Gasteiger partial charge in [-0.05, 0) is 30.0 Å². The molecule has 0 heterocycles. The van der Waals surface area contributed by atoms with E-state index in [1.807, 2.05) is 6.92 Å². The molecule has 0 saturated carbocycles. The summed E-state index contributed by atoms with van der Waals surface area (Å²) in [6, 6.07) is 9.02. The summed E-state index contributed by atoms with van der Waals surface area (Å²) in [6.07, 6.45) is -5.24. The normalized spacial score (nSPS) is 11.8. The third-order valence-corrected chi connectivity index (χ3v) is 3.64. The van der Waals surface area contributed by atoms with E-state index in [2.05, 4.69) is 4.74 Å². The molecule has 0 fully saturated rings. The van der Waals surface area contributed by atoms with E-state index in [0.717, 1.165) is 5.56 Å². The third kappa shape index (κ3) is 3.40. The first-order valence-electron chi connectivity index (χ1n) is 7.10. The summed E-state index contributed by atoms with van der Waals surface area (Å²) in [6.45, 7) is 1.83. The monoisotopic (exact) mass is 356 g/mol. The molecule has 0 N–H and O–H groups in total. The van der Waals surface area contributed by atoms with Crippen molar-refractivity contribution in [2.75, 3.05) is 0 Å². The van der Waals surface area contributed by atoms with E-state index in [0.29, 0.717) is 17.5 Å². The summed E-state index contributed by atoms with van der Waals surface area (Å²) >= 11 is 0. The Kier molecular flexibility index (Phi) is 4.10. The zero-order valence-corrected chi connectivity index (χ0v) is 12.7. The Bertz CT molecular complexity index is 939. The molecule has 1 nitrogen and oxygen atoms in total.